The van der Waals surface area contributed by atoms with Crippen LogP contribution in [0.3, 0.4) is 0 Å². The van der Waals surface area contributed by atoms with Crippen LogP contribution in [-0.2, 0) is 6.42 Å². The fourth-order valence-electron chi connectivity index (χ4n) is 5.16. The first kappa shape index (κ1) is 22.6. The number of rotatable bonds is 5. The Morgan fingerprint density at radius 3 is 2.61 bits per heavy atom. The molecule has 36 heavy (non-hydrogen) atoms. The number of aliphatic imine (C=N–C) groups is 1. The molecule has 6 rings (SSSR count). The molecule has 9 heteroatoms. The van der Waals surface area contributed by atoms with E-state index in [1.807, 2.05) is 24.0 Å². The first-order valence-electron chi connectivity index (χ1n) is 12.4. The molecule has 0 amide bonds. The van der Waals surface area contributed by atoms with E-state index in [4.69, 9.17) is 15.8 Å². The summed E-state index contributed by atoms with van der Waals surface area (Å²) in [5.41, 5.74) is 10.4. The normalized spacial score (nSPS) is 18.6. The van der Waals surface area contributed by atoms with Gasteiger partial charge in [0.25, 0.3) is 0 Å². The fourth-order valence-corrected chi connectivity index (χ4v) is 5.16. The van der Waals surface area contributed by atoms with E-state index in [0.717, 1.165) is 31.2 Å². The SMILES string of the molecule is CCc1ccc(-c2nn(C(C)C3=Nc4cccc(F)c4C(O)N3C3CCC3)c3ncnc(N)c23)cc1. The van der Waals surface area contributed by atoms with Crippen LogP contribution in [0, 0.1) is 5.82 Å². The molecule has 2 aromatic carbocycles. The number of nitrogens with two attached hydrogens (primary N) is 1. The third-order valence-electron chi connectivity index (χ3n) is 7.41. The summed E-state index contributed by atoms with van der Waals surface area (Å²) in [4.78, 5) is 15.5. The molecular formula is C27H28FN7O. The first-order valence-corrected chi connectivity index (χ1v) is 12.4. The number of anilines is 1. The van der Waals surface area contributed by atoms with Crippen molar-refractivity contribution in [3.8, 4) is 11.3 Å². The zero-order valence-corrected chi connectivity index (χ0v) is 20.3. The lowest BCUT2D eigenvalue weighted by Crippen LogP contribution is -2.50. The van der Waals surface area contributed by atoms with Crippen LogP contribution in [0.15, 0.2) is 53.8 Å². The molecule has 1 fully saturated rings. The highest BCUT2D eigenvalue weighted by Crippen LogP contribution is 2.42. The van der Waals surface area contributed by atoms with E-state index in [-0.39, 0.29) is 11.6 Å². The number of hydrogen-bond donors (Lipinski definition) is 2. The summed E-state index contributed by atoms with van der Waals surface area (Å²) in [6, 6.07) is 12.6. The molecule has 2 atom stereocenters. The highest BCUT2D eigenvalue weighted by molar-refractivity contribution is 6.00. The zero-order valence-electron chi connectivity index (χ0n) is 20.3. The molecule has 0 radical (unpaired) electrons. The summed E-state index contributed by atoms with van der Waals surface area (Å²) in [6.07, 6.45) is 4.14. The summed E-state index contributed by atoms with van der Waals surface area (Å²) in [5, 5.41) is 17.0. The molecule has 0 saturated heterocycles. The Labute approximate surface area is 208 Å². The molecule has 1 aliphatic carbocycles. The highest BCUT2D eigenvalue weighted by Gasteiger charge is 2.40. The quantitative estimate of drug-likeness (QED) is 0.415. The molecule has 3 N–H and O–H groups in total. The van der Waals surface area contributed by atoms with Crippen molar-refractivity contribution < 1.29 is 9.50 Å². The van der Waals surface area contributed by atoms with Gasteiger partial charge in [0.15, 0.2) is 11.9 Å². The lowest BCUT2D eigenvalue weighted by molar-refractivity contribution is -0.00367. The average molecular weight is 486 g/mol. The Kier molecular flexibility index (Phi) is 5.44. The molecule has 0 bridgehead atoms. The summed E-state index contributed by atoms with van der Waals surface area (Å²) >= 11 is 0. The molecule has 184 valence electrons. The molecule has 8 nitrogen and oxygen atoms in total. The minimum atomic E-state index is -1.12. The van der Waals surface area contributed by atoms with Gasteiger partial charge in [0.2, 0.25) is 0 Å². The maximum Gasteiger partial charge on any atom is 0.164 e. The largest absolute Gasteiger partial charge is 0.383 e. The minimum absolute atomic E-state index is 0.0801. The van der Waals surface area contributed by atoms with Crippen molar-refractivity contribution in [1.82, 2.24) is 24.6 Å². The topological polar surface area (TPSA) is 105 Å². The predicted molar refractivity (Wildman–Crippen MR) is 137 cm³/mol. The molecule has 2 aliphatic rings. The number of aliphatic hydroxyl groups is 1. The smallest absolute Gasteiger partial charge is 0.164 e. The number of aliphatic hydroxyl groups excluding tert-OH is 1. The fraction of sp³-hybridized carbons (Fsp3) is 0.333. The van der Waals surface area contributed by atoms with E-state index in [1.165, 1.54) is 18.0 Å². The summed E-state index contributed by atoms with van der Waals surface area (Å²) in [7, 11) is 0. The van der Waals surface area contributed by atoms with Crippen LogP contribution in [0.2, 0.25) is 0 Å². The van der Waals surface area contributed by atoms with Crippen molar-refractivity contribution in [2.75, 3.05) is 5.73 Å². The molecular weight excluding hydrogens is 457 g/mol. The maximum atomic E-state index is 14.7. The van der Waals surface area contributed by atoms with Gasteiger partial charge in [-0.25, -0.2) is 24.0 Å². The number of benzene rings is 2. The second-order valence-corrected chi connectivity index (χ2v) is 9.49. The number of fused-ring (bicyclic) bond motifs is 2. The lowest BCUT2D eigenvalue weighted by Gasteiger charge is -2.45. The molecule has 2 aromatic heterocycles. The van der Waals surface area contributed by atoms with Crippen molar-refractivity contribution in [3.05, 3.63) is 65.7 Å². The van der Waals surface area contributed by atoms with E-state index in [2.05, 4.69) is 29.0 Å². The van der Waals surface area contributed by atoms with Gasteiger partial charge in [0.05, 0.1) is 16.6 Å². The number of amidine groups is 1. The van der Waals surface area contributed by atoms with E-state index in [0.29, 0.717) is 34.1 Å². The van der Waals surface area contributed by atoms with Crippen LogP contribution < -0.4 is 5.73 Å². The summed E-state index contributed by atoms with van der Waals surface area (Å²) in [5.74, 6) is 0.518. The van der Waals surface area contributed by atoms with Crippen LogP contribution in [0.25, 0.3) is 22.3 Å². The van der Waals surface area contributed by atoms with Crippen LogP contribution >= 0.6 is 0 Å². The minimum Gasteiger partial charge on any atom is -0.383 e. The van der Waals surface area contributed by atoms with Crippen LogP contribution in [-0.4, -0.2) is 41.6 Å². The lowest BCUT2D eigenvalue weighted by atomic mass is 9.89. The van der Waals surface area contributed by atoms with Gasteiger partial charge in [-0.05, 0) is 50.3 Å². The Balaban J connectivity index is 1.52. The number of hydrogen-bond acceptors (Lipinski definition) is 7. The molecule has 4 aromatic rings. The van der Waals surface area contributed by atoms with Crippen molar-refractivity contribution in [1.29, 1.82) is 0 Å². The third kappa shape index (κ3) is 3.45. The number of halogens is 1. The molecule has 3 heterocycles. The molecule has 1 saturated carbocycles. The van der Waals surface area contributed by atoms with Gasteiger partial charge in [-0.15, -0.1) is 0 Å². The Hall–Kier alpha value is -3.85. The van der Waals surface area contributed by atoms with Crippen molar-refractivity contribution >= 4 is 28.4 Å². The average Bonchev–Trinajstić information content (AvgIpc) is 3.25. The van der Waals surface area contributed by atoms with Crippen molar-refractivity contribution in [3.63, 3.8) is 0 Å². The maximum absolute atomic E-state index is 14.7. The standard InChI is InChI=1S/C27H28FN7O/c1-3-16-10-12-17(13-11-16)23-22-24(29)30-14-31-26(22)35(33-23)15(2)25-32-20-9-5-8-19(28)21(20)27(36)34(25)18-6-4-7-18/h5,8-15,18,27,36H,3-4,6-7H2,1-2H3,(H2,29,30,31). The Morgan fingerprint density at radius 1 is 1.14 bits per heavy atom. The number of nitrogen functional groups attached to an aromatic ring is 1. The van der Waals surface area contributed by atoms with Gasteiger partial charge in [-0.1, -0.05) is 37.3 Å². The molecule has 0 spiro atoms. The van der Waals surface area contributed by atoms with Gasteiger partial charge in [0, 0.05) is 11.6 Å². The van der Waals surface area contributed by atoms with Crippen molar-refractivity contribution in [2.24, 2.45) is 4.99 Å². The van der Waals surface area contributed by atoms with Crippen LogP contribution in [0.4, 0.5) is 15.9 Å². The monoisotopic (exact) mass is 485 g/mol. The van der Waals surface area contributed by atoms with Gasteiger partial charge >= 0.3 is 0 Å². The highest BCUT2D eigenvalue weighted by atomic mass is 19.1. The van der Waals surface area contributed by atoms with E-state index in [1.54, 1.807) is 16.8 Å². The van der Waals surface area contributed by atoms with E-state index in [9.17, 15) is 9.50 Å². The van der Waals surface area contributed by atoms with Gasteiger partial charge in [0.1, 0.15) is 35.5 Å². The van der Waals surface area contributed by atoms with Gasteiger partial charge in [-0.3, -0.25) is 0 Å². The third-order valence-corrected chi connectivity index (χ3v) is 7.41. The second kappa shape index (κ2) is 8.67. The zero-order chi connectivity index (χ0) is 25.0. The number of aromatic nitrogens is 4. The second-order valence-electron chi connectivity index (χ2n) is 9.49. The van der Waals surface area contributed by atoms with E-state index >= 15 is 0 Å². The van der Waals surface area contributed by atoms with Crippen LogP contribution in [0.1, 0.15) is 56.5 Å². The van der Waals surface area contributed by atoms with E-state index < -0.39 is 18.1 Å². The molecule has 1 aliphatic heterocycles. The number of nitrogens with zero attached hydrogens (tertiary/aromatic N) is 6. The van der Waals surface area contributed by atoms with Gasteiger partial charge < -0.3 is 15.7 Å². The summed E-state index contributed by atoms with van der Waals surface area (Å²) in [6.45, 7) is 4.08. The Morgan fingerprint density at radius 2 is 1.92 bits per heavy atom. The predicted octanol–water partition coefficient (Wildman–Crippen LogP) is 4.93. The summed E-state index contributed by atoms with van der Waals surface area (Å²) < 4.78 is 16.5. The first-order chi connectivity index (χ1) is 17.5. The number of aryl methyl sites for hydroxylation is 1. The van der Waals surface area contributed by atoms with Crippen LogP contribution in [0.5, 0.6) is 0 Å². The van der Waals surface area contributed by atoms with Crippen molar-refractivity contribution in [2.45, 2.75) is 57.8 Å². The van der Waals surface area contributed by atoms with Gasteiger partial charge in [-0.2, -0.15) is 5.10 Å². The molecule has 2 unspecified atom stereocenters. The Bertz CT molecular complexity index is 1480.